The number of hydrogen-bond acceptors (Lipinski definition) is 2. The summed E-state index contributed by atoms with van der Waals surface area (Å²) in [7, 11) is 0. The van der Waals surface area contributed by atoms with Gasteiger partial charge in [0.1, 0.15) is 5.75 Å². The number of benzene rings is 1. The molecular formula is C10H14O2. The van der Waals surface area contributed by atoms with Crippen LogP contribution in [0.25, 0.3) is 0 Å². The van der Waals surface area contributed by atoms with Crippen molar-refractivity contribution >= 4 is 0 Å². The van der Waals surface area contributed by atoms with Crippen LogP contribution in [0.15, 0.2) is 18.2 Å². The predicted molar refractivity (Wildman–Crippen MR) is 48.2 cm³/mol. The molecule has 0 aromatic heterocycles. The molecule has 1 aromatic rings. The van der Waals surface area contributed by atoms with Gasteiger partial charge in [-0.05, 0) is 37.5 Å². The van der Waals surface area contributed by atoms with Gasteiger partial charge in [-0.25, -0.2) is 0 Å². The quantitative estimate of drug-likeness (QED) is 0.701. The Bertz CT molecular complexity index is 267. The van der Waals surface area contributed by atoms with Crippen LogP contribution in [0.1, 0.15) is 18.1 Å². The Morgan fingerprint density at radius 3 is 2.58 bits per heavy atom. The van der Waals surface area contributed by atoms with Crippen LogP contribution in [-0.4, -0.2) is 16.3 Å². The molecule has 2 N–H and O–H groups in total. The van der Waals surface area contributed by atoms with Gasteiger partial charge in [0.05, 0.1) is 6.10 Å². The molecule has 1 aromatic carbocycles. The molecule has 0 aliphatic carbocycles. The average molecular weight is 166 g/mol. The molecule has 1 atom stereocenters. The maximum Gasteiger partial charge on any atom is 0.118 e. The number of phenols is 1. The molecule has 0 heterocycles. The van der Waals surface area contributed by atoms with E-state index in [1.165, 1.54) is 0 Å². The summed E-state index contributed by atoms with van der Waals surface area (Å²) in [5, 5.41) is 18.4. The summed E-state index contributed by atoms with van der Waals surface area (Å²) in [5.74, 6) is 0.299. The monoisotopic (exact) mass is 166 g/mol. The van der Waals surface area contributed by atoms with Gasteiger partial charge in [-0.15, -0.1) is 0 Å². The molecule has 2 heteroatoms. The van der Waals surface area contributed by atoms with E-state index in [-0.39, 0.29) is 6.10 Å². The van der Waals surface area contributed by atoms with Crippen LogP contribution in [0.5, 0.6) is 5.75 Å². The van der Waals surface area contributed by atoms with Crippen LogP contribution in [-0.2, 0) is 6.42 Å². The van der Waals surface area contributed by atoms with Crippen molar-refractivity contribution in [1.29, 1.82) is 0 Å². The topological polar surface area (TPSA) is 40.5 Å². The van der Waals surface area contributed by atoms with Crippen LogP contribution in [0.3, 0.4) is 0 Å². The normalized spacial score (nSPS) is 12.9. The van der Waals surface area contributed by atoms with Crippen LogP contribution in [0.2, 0.25) is 0 Å². The number of rotatable bonds is 2. The van der Waals surface area contributed by atoms with E-state index in [0.717, 1.165) is 11.1 Å². The summed E-state index contributed by atoms with van der Waals surface area (Å²) in [6.07, 6.45) is 0.237. The zero-order valence-corrected chi connectivity index (χ0v) is 7.41. The smallest absolute Gasteiger partial charge is 0.118 e. The van der Waals surface area contributed by atoms with Gasteiger partial charge < -0.3 is 10.2 Å². The second-order valence-electron chi connectivity index (χ2n) is 3.17. The maximum atomic E-state index is 9.33. The van der Waals surface area contributed by atoms with E-state index in [9.17, 15) is 5.11 Å². The van der Waals surface area contributed by atoms with Crippen molar-refractivity contribution in [3.05, 3.63) is 29.3 Å². The molecule has 0 aliphatic heterocycles. The van der Waals surface area contributed by atoms with Gasteiger partial charge in [0.25, 0.3) is 0 Å². The Morgan fingerprint density at radius 2 is 2.08 bits per heavy atom. The zero-order chi connectivity index (χ0) is 9.14. The third kappa shape index (κ3) is 2.24. The standard InChI is InChI=1S/C10H14O2/c1-7-3-4-9(5-8(2)11)6-10(7)12/h3-4,6,8,11-12H,5H2,1-2H3/t8-/m1/s1. The van der Waals surface area contributed by atoms with E-state index < -0.39 is 0 Å². The maximum absolute atomic E-state index is 9.33. The molecule has 0 fully saturated rings. The van der Waals surface area contributed by atoms with Gasteiger partial charge in [-0.3, -0.25) is 0 Å². The summed E-state index contributed by atoms with van der Waals surface area (Å²) in [6.45, 7) is 3.58. The van der Waals surface area contributed by atoms with E-state index in [2.05, 4.69) is 0 Å². The summed E-state index contributed by atoms with van der Waals surface area (Å²) in [5.41, 5.74) is 1.83. The second kappa shape index (κ2) is 3.59. The molecule has 0 saturated heterocycles. The van der Waals surface area contributed by atoms with Crippen molar-refractivity contribution in [2.45, 2.75) is 26.4 Å². The van der Waals surface area contributed by atoms with Crippen LogP contribution in [0.4, 0.5) is 0 Å². The molecule has 0 spiro atoms. The summed E-state index contributed by atoms with van der Waals surface area (Å²) in [6, 6.07) is 5.47. The van der Waals surface area contributed by atoms with E-state index in [0.29, 0.717) is 12.2 Å². The van der Waals surface area contributed by atoms with Crippen molar-refractivity contribution < 1.29 is 10.2 Å². The minimum absolute atomic E-state index is 0.299. The highest BCUT2D eigenvalue weighted by Crippen LogP contribution is 2.18. The molecule has 12 heavy (non-hydrogen) atoms. The van der Waals surface area contributed by atoms with Crippen LogP contribution < -0.4 is 0 Å². The van der Waals surface area contributed by atoms with Gasteiger partial charge in [0, 0.05) is 0 Å². The highest BCUT2D eigenvalue weighted by Gasteiger charge is 2.01. The number of aromatic hydroxyl groups is 1. The number of aliphatic hydroxyl groups is 1. The number of phenolic OH excluding ortho intramolecular Hbond substituents is 1. The molecule has 1 rings (SSSR count). The van der Waals surface area contributed by atoms with Gasteiger partial charge >= 0.3 is 0 Å². The Hall–Kier alpha value is -1.02. The zero-order valence-electron chi connectivity index (χ0n) is 7.41. The number of aryl methyl sites for hydroxylation is 1. The highest BCUT2D eigenvalue weighted by atomic mass is 16.3. The summed E-state index contributed by atoms with van der Waals surface area (Å²) < 4.78 is 0. The molecule has 0 saturated carbocycles. The fraction of sp³-hybridized carbons (Fsp3) is 0.400. The van der Waals surface area contributed by atoms with Crippen molar-refractivity contribution in [3.63, 3.8) is 0 Å². The minimum atomic E-state index is -0.355. The molecule has 0 radical (unpaired) electrons. The Morgan fingerprint density at radius 1 is 1.42 bits per heavy atom. The lowest BCUT2D eigenvalue weighted by molar-refractivity contribution is 0.195. The summed E-state index contributed by atoms with van der Waals surface area (Å²) in [4.78, 5) is 0. The van der Waals surface area contributed by atoms with E-state index in [1.807, 2.05) is 19.1 Å². The molecule has 2 nitrogen and oxygen atoms in total. The van der Waals surface area contributed by atoms with Crippen LogP contribution in [0, 0.1) is 6.92 Å². The number of hydrogen-bond donors (Lipinski definition) is 2. The van der Waals surface area contributed by atoms with Crippen molar-refractivity contribution in [3.8, 4) is 5.75 Å². The molecule has 0 bridgehead atoms. The van der Waals surface area contributed by atoms with E-state index >= 15 is 0 Å². The van der Waals surface area contributed by atoms with Crippen molar-refractivity contribution in [2.24, 2.45) is 0 Å². The Kier molecular flexibility index (Phi) is 2.71. The Labute approximate surface area is 72.5 Å². The molecule has 0 unspecified atom stereocenters. The first-order valence-electron chi connectivity index (χ1n) is 4.06. The minimum Gasteiger partial charge on any atom is -0.508 e. The number of aliphatic hydroxyl groups excluding tert-OH is 1. The molecule has 0 aliphatic rings. The fourth-order valence-electron chi connectivity index (χ4n) is 1.12. The first-order valence-corrected chi connectivity index (χ1v) is 4.06. The van der Waals surface area contributed by atoms with Gasteiger partial charge in [0.2, 0.25) is 0 Å². The fourth-order valence-corrected chi connectivity index (χ4v) is 1.12. The predicted octanol–water partition coefficient (Wildman–Crippen LogP) is 1.62. The second-order valence-corrected chi connectivity index (χ2v) is 3.17. The molecule has 66 valence electrons. The van der Waals surface area contributed by atoms with Crippen molar-refractivity contribution in [1.82, 2.24) is 0 Å². The third-order valence-electron chi connectivity index (χ3n) is 1.80. The van der Waals surface area contributed by atoms with Gasteiger partial charge in [-0.1, -0.05) is 12.1 Å². The highest BCUT2D eigenvalue weighted by molar-refractivity contribution is 5.35. The summed E-state index contributed by atoms with van der Waals surface area (Å²) >= 11 is 0. The lowest BCUT2D eigenvalue weighted by Crippen LogP contribution is -2.03. The lowest BCUT2D eigenvalue weighted by atomic mass is 10.1. The van der Waals surface area contributed by atoms with E-state index in [4.69, 9.17) is 5.11 Å². The molecular weight excluding hydrogens is 152 g/mol. The largest absolute Gasteiger partial charge is 0.508 e. The molecule has 0 amide bonds. The first kappa shape index (κ1) is 9.07. The Balaban J connectivity index is 2.82. The van der Waals surface area contributed by atoms with Crippen LogP contribution >= 0.6 is 0 Å². The first-order chi connectivity index (χ1) is 5.59. The van der Waals surface area contributed by atoms with Gasteiger partial charge in [-0.2, -0.15) is 0 Å². The lowest BCUT2D eigenvalue weighted by Gasteiger charge is -2.05. The van der Waals surface area contributed by atoms with Gasteiger partial charge in [0.15, 0.2) is 0 Å². The van der Waals surface area contributed by atoms with E-state index in [1.54, 1.807) is 13.0 Å². The average Bonchev–Trinajstić information content (AvgIpc) is 1.96. The third-order valence-corrected chi connectivity index (χ3v) is 1.80. The van der Waals surface area contributed by atoms with Crippen molar-refractivity contribution in [2.75, 3.05) is 0 Å². The SMILES string of the molecule is Cc1ccc(C[C@@H](C)O)cc1O.